The Labute approximate surface area is 121 Å². The van der Waals surface area contributed by atoms with E-state index in [2.05, 4.69) is 21.0 Å². The lowest BCUT2D eigenvalue weighted by molar-refractivity contribution is 0.790. The van der Waals surface area contributed by atoms with Gasteiger partial charge in [-0.1, -0.05) is 0 Å². The maximum absolute atomic E-state index is 9.59. The summed E-state index contributed by atoms with van der Waals surface area (Å²) in [5, 5.41) is 10.2. The third-order valence-electron chi connectivity index (χ3n) is 3.41. The molecule has 104 valence electrons. The summed E-state index contributed by atoms with van der Waals surface area (Å²) in [5.41, 5.74) is 8.86. The van der Waals surface area contributed by atoms with Gasteiger partial charge in [-0.05, 0) is 26.0 Å². The van der Waals surface area contributed by atoms with Crippen LogP contribution in [0.5, 0.6) is 0 Å². The van der Waals surface area contributed by atoms with Crippen molar-refractivity contribution in [1.29, 1.82) is 5.26 Å². The Bertz CT molecular complexity index is 857. The number of nitrogens with two attached hydrogens (primary N) is 1. The summed E-state index contributed by atoms with van der Waals surface area (Å²) >= 11 is 0. The highest BCUT2D eigenvalue weighted by atomic mass is 15.1. The smallest absolute Gasteiger partial charge is 0.147 e. The number of hydrogen-bond donors (Lipinski definition) is 1. The molecule has 6 heteroatoms. The third-order valence-corrected chi connectivity index (χ3v) is 3.41. The van der Waals surface area contributed by atoms with Crippen LogP contribution >= 0.6 is 0 Å². The van der Waals surface area contributed by atoms with Crippen molar-refractivity contribution >= 4 is 16.9 Å². The highest BCUT2D eigenvalue weighted by Gasteiger charge is 2.21. The summed E-state index contributed by atoms with van der Waals surface area (Å²) in [6.45, 7) is 4.48. The number of anilines is 1. The summed E-state index contributed by atoms with van der Waals surface area (Å²) in [7, 11) is 0. The molecule has 0 aliphatic heterocycles. The van der Waals surface area contributed by atoms with Gasteiger partial charge in [-0.2, -0.15) is 5.26 Å². The topological polar surface area (TPSA) is 93.4 Å². The van der Waals surface area contributed by atoms with Gasteiger partial charge in [-0.25, -0.2) is 9.97 Å². The van der Waals surface area contributed by atoms with Gasteiger partial charge in [0.2, 0.25) is 0 Å². The van der Waals surface area contributed by atoms with E-state index in [0.29, 0.717) is 34.8 Å². The second-order valence-electron chi connectivity index (χ2n) is 4.68. The molecule has 0 radical (unpaired) electrons. The molecule has 3 aromatic heterocycles. The molecule has 0 fully saturated rings. The summed E-state index contributed by atoms with van der Waals surface area (Å²) in [6, 6.07) is 6.01. The number of nitrogen functional groups attached to an aromatic ring is 1. The zero-order valence-electron chi connectivity index (χ0n) is 11.8. The van der Waals surface area contributed by atoms with E-state index in [-0.39, 0.29) is 0 Å². The molecule has 0 aromatic carbocycles. The number of pyridine rings is 1. The van der Waals surface area contributed by atoms with Gasteiger partial charge >= 0.3 is 0 Å². The van der Waals surface area contributed by atoms with Crippen molar-refractivity contribution in [2.45, 2.75) is 20.4 Å². The molecule has 2 N–H and O–H groups in total. The first kappa shape index (κ1) is 13.1. The molecule has 6 nitrogen and oxygen atoms in total. The van der Waals surface area contributed by atoms with Crippen molar-refractivity contribution in [2.75, 3.05) is 5.73 Å². The number of nitrogens with zero attached hydrogens (tertiary/aromatic N) is 5. The van der Waals surface area contributed by atoms with Gasteiger partial charge in [0.15, 0.2) is 0 Å². The number of rotatable bonds is 2. The van der Waals surface area contributed by atoms with Gasteiger partial charge in [0.1, 0.15) is 23.4 Å². The monoisotopic (exact) mass is 278 g/mol. The molecule has 0 unspecified atom stereocenters. The fraction of sp³-hybridized carbons (Fsp3) is 0.200. The zero-order valence-corrected chi connectivity index (χ0v) is 11.8. The van der Waals surface area contributed by atoms with Crippen LogP contribution in [-0.2, 0) is 6.54 Å². The Kier molecular flexibility index (Phi) is 3.03. The van der Waals surface area contributed by atoms with Crippen molar-refractivity contribution in [1.82, 2.24) is 19.5 Å². The first-order chi connectivity index (χ1) is 10.2. The molecule has 0 aliphatic carbocycles. The molecule has 0 bridgehead atoms. The molecule has 0 saturated carbocycles. The molecule has 0 saturated heterocycles. The quantitative estimate of drug-likeness (QED) is 0.776. The number of nitriles is 1. The van der Waals surface area contributed by atoms with E-state index >= 15 is 0 Å². The zero-order chi connectivity index (χ0) is 15.0. The molecule has 3 heterocycles. The largest absolute Gasteiger partial charge is 0.383 e. The number of aryl methyl sites for hydroxylation is 2. The van der Waals surface area contributed by atoms with Crippen LogP contribution in [0.2, 0.25) is 0 Å². The second-order valence-corrected chi connectivity index (χ2v) is 4.68. The second kappa shape index (κ2) is 4.87. The first-order valence-electron chi connectivity index (χ1n) is 6.64. The predicted octanol–water partition coefficient (Wildman–Crippen LogP) is 2.28. The minimum absolute atomic E-state index is 0.339. The number of hydrogen-bond acceptors (Lipinski definition) is 5. The van der Waals surface area contributed by atoms with E-state index in [1.165, 1.54) is 0 Å². The average Bonchev–Trinajstić information content (AvgIpc) is 2.81. The van der Waals surface area contributed by atoms with Gasteiger partial charge < -0.3 is 10.3 Å². The van der Waals surface area contributed by atoms with Crippen LogP contribution in [0.4, 0.5) is 5.82 Å². The molecule has 3 rings (SSSR count). The fourth-order valence-corrected chi connectivity index (χ4v) is 2.59. The Hall–Kier alpha value is -2.94. The summed E-state index contributed by atoms with van der Waals surface area (Å²) in [5.74, 6) is 0.931. The first-order valence-corrected chi connectivity index (χ1v) is 6.64. The Morgan fingerprint density at radius 1 is 1.38 bits per heavy atom. The maximum Gasteiger partial charge on any atom is 0.147 e. The molecular weight excluding hydrogens is 264 g/mol. The van der Waals surface area contributed by atoms with Crippen LogP contribution in [0.1, 0.15) is 18.3 Å². The number of aromatic nitrogens is 4. The van der Waals surface area contributed by atoms with E-state index in [1.54, 1.807) is 19.3 Å². The van der Waals surface area contributed by atoms with Gasteiger partial charge in [-0.3, -0.25) is 4.98 Å². The highest BCUT2D eigenvalue weighted by Crippen LogP contribution is 2.34. The molecule has 0 amide bonds. The molecule has 0 spiro atoms. The minimum Gasteiger partial charge on any atom is -0.383 e. The van der Waals surface area contributed by atoms with Gasteiger partial charge in [0, 0.05) is 24.5 Å². The van der Waals surface area contributed by atoms with Crippen molar-refractivity contribution in [3.8, 4) is 17.3 Å². The van der Waals surface area contributed by atoms with Gasteiger partial charge in [0.05, 0.1) is 16.6 Å². The lowest BCUT2D eigenvalue weighted by Crippen LogP contribution is -2.01. The van der Waals surface area contributed by atoms with E-state index in [9.17, 15) is 5.26 Å². The SMILES string of the molecule is CCn1c(-c2cccnc2)c(C#N)c2c(N)nc(C)nc21. The van der Waals surface area contributed by atoms with Crippen LogP contribution in [0.25, 0.3) is 22.3 Å². The van der Waals surface area contributed by atoms with E-state index < -0.39 is 0 Å². The van der Waals surface area contributed by atoms with Crippen molar-refractivity contribution in [3.63, 3.8) is 0 Å². The number of fused-ring (bicyclic) bond motifs is 1. The Morgan fingerprint density at radius 3 is 2.81 bits per heavy atom. The maximum atomic E-state index is 9.59. The van der Waals surface area contributed by atoms with Crippen LogP contribution in [0, 0.1) is 18.3 Å². The lowest BCUT2D eigenvalue weighted by atomic mass is 10.1. The summed E-state index contributed by atoms with van der Waals surface area (Å²) in [4.78, 5) is 12.8. The fourth-order valence-electron chi connectivity index (χ4n) is 2.59. The molecule has 0 atom stereocenters. The minimum atomic E-state index is 0.339. The average molecular weight is 278 g/mol. The van der Waals surface area contributed by atoms with Crippen LogP contribution in [0.3, 0.4) is 0 Å². The van der Waals surface area contributed by atoms with E-state index in [0.717, 1.165) is 11.3 Å². The van der Waals surface area contributed by atoms with Crippen molar-refractivity contribution in [3.05, 3.63) is 35.9 Å². The van der Waals surface area contributed by atoms with Crippen LogP contribution < -0.4 is 5.73 Å². The predicted molar refractivity (Wildman–Crippen MR) is 80.3 cm³/mol. The molecule has 3 aromatic rings. The molecular formula is C15H14N6. The van der Waals surface area contributed by atoms with Crippen LogP contribution in [-0.4, -0.2) is 19.5 Å². The molecule has 0 aliphatic rings. The Morgan fingerprint density at radius 2 is 2.19 bits per heavy atom. The highest BCUT2D eigenvalue weighted by molar-refractivity contribution is 5.98. The van der Waals surface area contributed by atoms with Gasteiger partial charge in [0.25, 0.3) is 0 Å². The van der Waals surface area contributed by atoms with Crippen molar-refractivity contribution < 1.29 is 0 Å². The lowest BCUT2D eigenvalue weighted by Gasteiger charge is -2.07. The third kappa shape index (κ3) is 1.91. The standard InChI is InChI=1S/C15H14N6/c1-3-21-13(10-5-4-6-18-8-10)11(7-16)12-14(17)19-9(2)20-15(12)21/h4-6,8H,3H2,1-2H3,(H2,17,19,20). The molecule has 21 heavy (non-hydrogen) atoms. The normalized spacial score (nSPS) is 10.7. The van der Waals surface area contributed by atoms with Gasteiger partial charge in [-0.15, -0.1) is 0 Å². The summed E-state index contributed by atoms with van der Waals surface area (Å²) in [6.07, 6.45) is 3.44. The summed E-state index contributed by atoms with van der Waals surface area (Å²) < 4.78 is 1.98. The van der Waals surface area contributed by atoms with E-state index in [4.69, 9.17) is 5.73 Å². The van der Waals surface area contributed by atoms with Crippen LogP contribution in [0.15, 0.2) is 24.5 Å². The Balaban J connectivity index is 2.50. The van der Waals surface area contributed by atoms with Crippen molar-refractivity contribution in [2.24, 2.45) is 0 Å². The van der Waals surface area contributed by atoms with E-state index in [1.807, 2.05) is 23.6 Å².